The second-order valence-corrected chi connectivity index (χ2v) is 3.47. The van der Waals surface area contributed by atoms with Gasteiger partial charge in [-0.2, -0.15) is 11.8 Å². The van der Waals surface area contributed by atoms with E-state index in [1.54, 1.807) is 0 Å². The minimum atomic E-state index is 0.821. The fourth-order valence-corrected chi connectivity index (χ4v) is 0.987. The molecule has 0 bridgehead atoms. The van der Waals surface area contributed by atoms with E-state index in [2.05, 4.69) is 32.3 Å². The number of allylic oxidation sites excluding steroid dienone is 2. The molecule has 0 nitrogen and oxygen atoms in total. The topological polar surface area (TPSA) is 0 Å². The van der Waals surface area contributed by atoms with Gasteiger partial charge in [-0.15, -0.1) is 0 Å². The van der Waals surface area contributed by atoms with Crippen molar-refractivity contribution in [3.05, 3.63) is 12.2 Å². The molecule has 0 spiro atoms. The number of hydrogen-bond acceptors (Lipinski definition) is 1. The molecule has 0 aromatic heterocycles. The predicted molar refractivity (Wildman–Crippen MR) is 58.4 cm³/mol. The molecule has 0 aliphatic rings. The molecule has 0 saturated heterocycles. The molecule has 0 heterocycles. The van der Waals surface area contributed by atoms with Gasteiger partial charge in [0.15, 0.2) is 0 Å². The van der Waals surface area contributed by atoms with Crippen LogP contribution in [-0.2, 0) is 0 Å². The van der Waals surface area contributed by atoms with E-state index in [0.29, 0.717) is 0 Å². The summed E-state index contributed by atoms with van der Waals surface area (Å²) < 4.78 is 0. The van der Waals surface area contributed by atoms with Gasteiger partial charge < -0.3 is 0 Å². The lowest BCUT2D eigenvalue weighted by Gasteiger charge is -2.03. The molecule has 0 aromatic rings. The highest BCUT2D eigenvalue weighted by atomic mass is 32.2. The molecule has 1 atom stereocenters. The Balaban J connectivity index is 0. The number of thioether (sulfide) groups is 1. The van der Waals surface area contributed by atoms with Gasteiger partial charge in [0.25, 0.3) is 0 Å². The van der Waals surface area contributed by atoms with E-state index in [1.165, 1.54) is 12.8 Å². The minimum Gasteiger partial charge on any atom is -0.162 e. The summed E-state index contributed by atoms with van der Waals surface area (Å²) in [5.74, 6) is 0. The summed E-state index contributed by atoms with van der Waals surface area (Å²) in [6.07, 6.45) is 9.06. The van der Waals surface area contributed by atoms with E-state index in [1.807, 2.05) is 25.6 Å². The van der Waals surface area contributed by atoms with Crippen LogP contribution in [0.5, 0.6) is 0 Å². The van der Waals surface area contributed by atoms with Crippen LogP contribution >= 0.6 is 11.8 Å². The molecule has 0 fully saturated rings. The Morgan fingerprint density at radius 3 is 2.27 bits per heavy atom. The van der Waals surface area contributed by atoms with Crippen molar-refractivity contribution in [2.45, 2.75) is 45.8 Å². The summed E-state index contributed by atoms with van der Waals surface area (Å²) in [4.78, 5) is 0. The van der Waals surface area contributed by atoms with E-state index in [4.69, 9.17) is 0 Å². The van der Waals surface area contributed by atoms with Crippen molar-refractivity contribution in [1.29, 1.82) is 0 Å². The van der Waals surface area contributed by atoms with Crippen LogP contribution in [0.3, 0.4) is 0 Å². The fourth-order valence-electron chi connectivity index (χ4n) is 0.615. The van der Waals surface area contributed by atoms with Gasteiger partial charge in [0, 0.05) is 5.25 Å². The number of hydrogen-bond donors (Lipinski definition) is 0. The van der Waals surface area contributed by atoms with Crippen LogP contribution in [-0.4, -0.2) is 11.5 Å². The van der Waals surface area contributed by atoms with Crippen molar-refractivity contribution in [2.75, 3.05) is 6.26 Å². The first-order chi connectivity index (χ1) is 5.31. The SMILES string of the molecule is C/C=C\CCC(C)SC.CC. The first-order valence-corrected chi connectivity index (χ1v) is 5.74. The van der Waals surface area contributed by atoms with Crippen molar-refractivity contribution < 1.29 is 0 Å². The number of rotatable bonds is 4. The zero-order chi connectivity index (χ0) is 9.11. The van der Waals surface area contributed by atoms with Gasteiger partial charge in [-0.3, -0.25) is 0 Å². The quantitative estimate of drug-likeness (QED) is 0.578. The first-order valence-electron chi connectivity index (χ1n) is 4.45. The zero-order valence-electron chi connectivity index (χ0n) is 8.55. The van der Waals surface area contributed by atoms with E-state index in [-0.39, 0.29) is 0 Å². The summed E-state index contributed by atoms with van der Waals surface area (Å²) in [6, 6.07) is 0. The van der Waals surface area contributed by atoms with Crippen LogP contribution in [0.25, 0.3) is 0 Å². The first kappa shape index (κ1) is 13.7. The van der Waals surface area contributed by atoms with Gasteiger partial charge in [0.05, 0.1) is 0 Å². The Morgan fingerprint density at radius 2 is 1.91 bits per heavy atom. The second kappa shape index (κ2) is 12.7. The van der Waals surface area contributed by atoms with Crippen molar-refractivity contribution in [2.24, 2.45) is 0 Å². The van der Waals surface area contributed by atoms with Crippen LogP contribution < -0.4 is 0 Å². The Hall–Kier alpha value is 0.0900. The zero-order valence-corrected chi connectivity index (χ0v) is 9.37. The molecule has 1 heteroatoms. The third kappa shape index (κ3) is 13.1. The van der Waals surface area contributed by atoms with Gasteiger partial charge in [-0.1, -0.05) is 32.9 Å². The van der Waals surface area contributed by atoms with Crippen LogP contribution in [0.1, 0.15) is 40.5 Å². The Kier molecular flexibility index (Phi) is 15.8. The van der Waals surface area contributed by atoms with E-state index in [9.17, 15) is 0 Å². The maximum atomic E-state index is 2.27. The van der Waals surface area contributed by atoms with E-state index >= 15 is 0 Å². The van der Waals surface area contributed by atoms with Crippen LogP contribution in [0.15, 0.2) is 12.2 Å². The molecule has 0 rings (SSSR count). The Morgan fingerprint density at radius 1 is 1.36 bits per heavy atom. The average molecular weight is 174 g/mol. The molecule has 68 valence electrons. The standard InChI is InChI=1S/C8H16S.C2H6/c1-4-5-6-7-8(2)9-3;1-2/h4-5,8H,6-7H2,1-3H3;1-2H3/b5-4-;. The van der Waals surface area contributed by atoms with E-state index in [0.717, 1.165) is 5.25 Å². The Labute approximate surface area is 76.5 Å². The van der Waals surface area contributed by atoms with Gasteiger partial charge >= 0.3 is 0 Å². The highest BCUT2D eigenvalue weighted by Gasteiger charge is 1.94. The van der Waals surface area contributed by atoms with Gasteiger partial charge in [-0.25, -0.2) is 0 Å². The normalized spacial score (nSPS) is 12.5. The fraction of sp³-hybridized carbons (Fsp3) is 0.800. The summed E-state index contributed by atoms with van der Waals surface area (Å²) in [5, 5.41) is 0.821. The molecule has 0 N–H and O–H groups in total. The van der Waals surface area contributed by atoms with Crippen molar-refractivity contribution in [1.82, 2.24) is 0 Å². The largest absolute Gasteiger partial charge is 0.162 e. The highest BCUT2D eigenvalue weighted by molar-refractivity contribution is 7.99. The van der Waals surface area contributed by atoms with Crippen molar-refractivity contribution >= 4 is 11.8 Å². The van der Waals surface area contributed by atoms with Gasteiger partial charge in [-0.05, 0) is 26.0 Å². The van der Waals surface area contributed by atoms with Gasteiger partial charge in [0.1, 0.15) is 0 Å². The van der Waals surface area contributed by atoms with Crippen LogP contribution in [0.4, 0.5) is 0 Å². The van der Waals surface area contributed by atoms with Gasteiger partial charge in [0.2, 0.25) is 0 Å². The molecule has 0 amide bonds. The minimum absolute atomic E-state index is 0.821. The maximum Gasteiger partial charge on any atom is 0.00188 e. The molecule has 0 radical (unpaired) electrons. The molecule has 0 aliphatic carbocycles. The van der Waals surface area contributed by atoms with E-state index < -0.39 is 0 Å². The summed E-state index contributed by atoms with van der Waals surface area (Å²) in [7, 11) is 0. The molecule has 0 aromatic carbocycles. The lowest BCUT2D eigenvalue weighted by molar-refractivity contribution is 0.833. The molecule has 1 unspecified atom stereocenters. The van der Waals surface area contributed by atoms with Crippen molar-refractivity contribution in [3.8, 4) is 0 Å². The Bertz CT molecular complexity index is 76.9. The lowest BCUT2D eigenvalue weighted by atomic mass is 10.2. The molecule has 0 saturated carbocycles. The summed E-state index contributed by atoms with van der Waals surface area (Å²) >= 11 is 1.94. The molecule has 11 heavy (non-hydrogen) atoms. The maximum absolute atomic E-state index is 2.27. The molecular formula is C10H22S. The average Bonchev–Trinajstić information content (AvgIpc) is 2.08. The second-order valence-electron chi connectivity index (χ2n) is 2.19. The smallest absolute Gasteiger partial charge is 0.00188 e. The summed E-state index contributed by atoms with van der Waals surface area (Å²) in [6.45, 7) is 8.35. The third-order valence-corrected chi connectivity index (χ3v) is 2.42. The molecular weight excluding hydrogens is 152 g/mol. The van der Waals surface area contributed by atoms with Crippen LogP contribution in [0.2, 0.25) is 0 Å². The predicted octanol–water partition coefficient (Wildman–Crippen LogP) is 4.12. The van der Waals surface area contributed by atoms with Crippen LogP contribution in [0, 0.1) is 0 Å². The van der Waals surface area contributed by atoms with Crippen molar-refractivity contribution in [3.63, 3.8) is 0 Å². The third-order valence-electron chi connectivity index (χ3n) is 1.38. The summed E-state index contributed by atoms with van der Waals surface area (Å²) in [5.41, 5.74) is 0. The lowest BCUT2D eigenvalue weighted by Crippen LogP contribution is -1.91. The highest BCUT2D eigenvalue weighted by Crippen LogP contribution is 2.11. The molecule has 0 aliphatic heterocycles. The monoisotopic (exact) mass is 174 g/mol.